The second-order valence-electron chi connectivity index (χ2n) is 4.67. The standard InChI is InChI=1S/C12H16O2/c1-11(2)12(3,4)14-10-8-6-5-7-9(10)13-11/h5-8H,1-4H3. The zero-order chi connectivity index (χ0) is 10.4. The van der Waals surface area contributed by atoms with E-state index in [1.807, 2.05) is 52.0 Å². The molecule has 1 aliphatic heterocycles. The summed E-state index contributed by atoms with van der Waals surface area (Å²) in [5.74, 6) is 1.66. The lowest BCUT2D eigenvalue weighted by molar-refractivity contribution is -0.0991. The van der Waals surface area contributed by atoms with Crippen molar-refractivity contribution >= 4 is 0 Å². The molecule has 0 unspecified atom stereocenters. The van der Waals surface area contributed by atoms with Gasteiger partial charge in [-0.3, -0.25) is 0 Å². The minimum Gasteiger partial charge on any atom is -0.480 e. The zero-order valence-corrected chi connectivity index (χ0v) is 9.13. The summed E-state index contributed by atoms with van der Waals surface area (Å²) in [4.78, 5) is 0. The molecule has 0 aromatic heterocycles. The molecule has 0 aliphatic carbocycles. The van der Waals surface area contributed by atoms with E-state index in [9.17, 15) is 0 Å². The molecule has 0 spiro atoms. The largest absolute Gasteiger partial charge is 0.480 e. The van der Waals surface area contributed by atoms with Crippen LogP contribution in [-0.4, -0.2) is 11.2 Å². The lowest BCUT2D eigenvalue weighted by Crippen LogP contribution is -2.56. The number of para-hydroxylation sites is 2. The molecule has 0 N–H and O–H groups in total. The number of hydrogen-bond acceptors (Lipinski definition) is 2. The van der Waals surface area contributed by atoms with Gasteiger partial charge < -0.3 is 9.47 Å². The second-order valence-corrected chi connectivity index (χ2v) is 4.67. The SMILES string of the molecule is CC1(C)Oc2ccccc2OC1(C)C. The van der Waals surface area contributed by atoms with Gasteiger partial charge in [-0.25, -0.2) is 0 Å². The number of rotatable bonds is 0. The molecule has 0 amide bonds. The predicted octanol–water partition coefficient (Wildman–Crippen LogP) is 3.02. The average molecular weight is 192 g/mol. The topological polar surface area (TPSA) is 18.5 Å². The van der Waals surface area contributed by atoms with Crippen molar-refractivity contribution in [2.75, 3.05) is 0 Å². The quantitative estimate of drug-likeness (QED) is 0.629. The van der Waals surface area contributed by atoms with Crippen LogP contribution in [0.25, 0.3) is 0 Å². The first kappa shape index (κ1) is 9.38. The third-order valence-corrected chi connectivity index (χ3v) is 3.03. The molecule has 76 valence electrons. The Labute approximate surface area is 84.8 Å². The Morgan fingerprint density at radius 3 is 1.50 bits per heavy atom. The molecule has 1 aromatic rings. The molecule has 0 atom stereocenters. The zero-order valence-electron chi connectivity index (χ0n) is 9.13. The number of benzene rings is 1. The third kappa shape index (κ3) is 1.26. The molecule has 0 radical (unpaired) electrons. The van der Waals surface area contributed by atoms with Crippen molar-refractivity contribution in [2.45, 2.75) is 38.9 Å². The maximum absolute atomic E-state index is 5.91. The van der Waals surface area contributed by atoms with E-state index in [0.717, 1.165) is 11.5 Å². The highest BCUT2D eigenvalue weighted by atomic mass is 16.6. The van der Waals surface area contributed by atoms with Gasteiger partial charge in [-0.1, -0.05) is 12.1 Å². The molecular formula is C12H16O2. The monoisotopic (exact) mass is 192 g/mol. The molecule has 1 heterocycles. The van der Waals surface area contributed by atoms with Gasteiger partial charge in [0.15, 0.2) is 11.5 Å². The fourth-order valence-electron chi connectivity index (χ4n) is 1.41. The molecule has 2 nitrogen and oxygen atoms in total. The van der Waals surface area contributed by atoms with Gasteiger partial charge in [-0.2, -0.15) is 0 Å². The molecule has 2 rings (SSSR count). The van der Waals surface area contributed by atoms with E-state index < -0.39 is 0 Å². The van der Waals surface area contributed by atoms with Crippen LogP contribution in [0.15, 0.2) is 24.3 Å². The van der Waals surface area contributed by atoms with E-state index in [0.29, 0.717) is 0 Å². The van der Waals surface area contributed by atoms with Crippen molar-refractivity contribution in [1.29, 1.82) is 0 Å². The predicted molar refractivity (Wildman–Crippen MR) is 55.9 cm³/mol. The molecule has 2 heteroatoms. The van der Waals surface area contributed by atoms with Gasteiger partial charge in [0.1, 0.15) is 11.2 Å². The van der Waals surface area contributed by atoms with Crippen LogP contribution < -0.4 is 9.47 Å². The summed E-state index contributed by atoms with van der Waals surface area (Å²) in [5, 5.41) is 0. The number of hydrogen-bond donors (Lipinski definition) is 0. The van der Waals surface area contributed by atoms with E-state index in [-0.39, 0.29) is 11.2 Å². The normalized spacial score (nSPS) is 21.7. The molecule has 0 bridgehead atoms. The number of ether oxygens (including phenoxy) is 2. The van der Waals surface area contributed by atoms with Gasteiger partial charge in [0.2, 0.25) is 0 Å². The van der Waals surface area contributed by atoms with Crippen LogP contribution in [0.3, 0.4) is 0 Å². The number of fused-ring (bicyclic) bond motifs is 1. The first-order valence-electron chi connectivity index (χ1n) is 4.89. The van der Waals surface area contributed by atoms with E-state index in [4.69, 9.17) is 9.47 Å². The van der Waals surface area contributed by atoms with Crippen LogP contribution in [0.2, 0.25) is 0 Å². The fourth-order valence-corrected chi connectivity index (χ4v) is 1.41. The minimum atomic E-state index is -0.304. The molecule has 0 fully saturated rings. The van der Waals surface area contributed by atoms with Crippen molar-refractivity contribution in [1.82, 2.24) is 0 Å². The van der Waals surface area contributed by atoms with Gasteiger partial charge in [0.25, 0.3) is 0 Å². The van der Waals surface area contributed by atoms with Crippen molar-refractivity contribution in [2.24, 2.45) is 0 Å². The Kier molecular flexibility index (Phi) is 1.78. The van der Waals surface area contributed by atoms with Gasteiger partial charge in [-0.15, -0.1) is 0 Å². The van der Waals surface area contributed by atoms with Crippen molar-refractivity contribution in [3.8, 4) is 11.5 Å². The van der Waals surface area contributed by atoms with E-state index in [1.54, 1.807) is 0 Å². The third-order valence-electron chi connectivity index (χ3n) is 3.03. The Bertz CT molecular complexity index is 318. The van der Waals surface area contributed by atoms with Crippen molar-refractivity contribution in [3.05, 3.63) is 24.3 Å². The Hall–Kier alpha value is -1.18. The lowest BCUT2D eigenvalue weighted by atomic mass is 9.88. The Morgan fingerprint density at radius 2 is 1.14 bits per heavy atom. The maximum atomic E-state index is 5.91. The summed E-state index contributed by atoms with van der Waals surface area (Å²) >= 11 is 0. The minimum absolute atomic E-state index is 0.304. The lowest BCUT2D eigenvalue weighted by Gasteiger charge is -2.45. The smallest absolute Gasteiger partial charge is 0.162 e. The molecule has 0 saturated heterocycles. The first-order chi connectivity index (χ1) is 6.42. The van der Waals surface area contributed by atoms with Crippen molar-refractivity contribution < 1.29 is 9.47 Å². The van der Waals surface area contributed by atoms with Gasteiger partial charge >= 0.3 is 0 Å². The van der Waals surface area contributed by atoms with Crippen LogP contribution in [0, 0.1) is 0 Å². The molecule has 1 aromatic carbocycles. The average Bonchev–Trinajstić information content (AvgIpc) is 2.05. The van der Waals surface area contributed by atoms with E-state index in [1.165, 1.54) is 0 Å². The fraction of sp³-hybridized carbons (Fsp3) is 0.500. The highest BCUT2D eigenvalue weighted by Gasteiger charge is 2.45. The van der Waals surface area contributed by atoms with E-state index in [2.05, 4.69) is 0 Å². The van der Waals surface area contributed by atoms with Crippen LogP contribution >= 0.6 is 0 Å². The highest BCUT2D eigenvalue weighted by molar-refractivity contribution is 5.42. The van der Waals surface area contributed by atoms with E-state index >= 15 is 0 Å². The first-order valence-corrected chi connectivity index (χ1v) is 4.89. The van der Waals surface area contributed by atoms with Crippen LogP contribution in [0.5, 0.6) is 11.5 Å². The summed E-state index contributed by atoms with van der Waals surface area (Å²) in [6.07, 6.45) is 0. The summed E-state index contributed by atoms with van der Waals surface area (Å²) in [6, 6.07) is 7.78. The summed E-state index contributed by atoms with van der Waals surface area (Å²) < 4.78 is 11.8. The molecular weight excluding hydrogens is 176 g/mol. The van der Waals surface area contributed by atoms with Gasteiger partial charge in [0, 0.05) is 0 Å². The van der Waals surface area contributed by atoms with Gasteiger partial charge in [0.05, 0.1) is 0 Å². The van der Waals surface area contributed by atoms with Gasteiger partial charge in [-0.05, 0) is 39.8 Å². The van der Waals surface area contributed by atoms with Crippen LogP contribution in [-0.2, 0) is 0 Å². The summed E-state index contributed by atoms with van der Waals surface area (Å²) in [7, 11) is 0. The molecule has 1 aliphatic rings. The Morgan fingerprint density at radius 1 is 0.786 bits per heavy atom. The van der Waals surface area contributed by atoms with Crippen molar-refractivity contribution in [3.63, 3.8) is 0 Å². The summed E-state index contributed by atoms with van der Waals surface area (Å²) in [5.41, 5.74) is -0.608. The second kappa shape index (κ2) is 2.66. The maximum Gasteiger partial charge on any atom is 0.162 e. The molecule has 0 saturated carbocycles. The Balaban J connectivity index is 2.46. The highest BCUT2D eigenvalue weighted by Crippen LogP contribution is 2.42. The summed E-state index contributed by atoms with van der Waals surface area (Å²) in [6.45, 7) is 8.18. The van der Waals surface area contributed by atoms with Crippen LogP contribution in [0.4, 0.5) is 0 Å². The van der Waals surface area contributed by atoms with Crippen LogP contribution in [0.1, 0.15) is 27.7 Å². The molecule has 14 heavy (non-hydrogen) atoms.